The van der Waals surface area contributed by atoms with Gasteiger partial charge in [0.05, 0.1) is 13.0 Å². The maximum atomic E-state index is 11.0. The van der Waals surface area contributed by atoms with Crippen molar-refractivity contribution in [2.75, 3.05) is 26.7 Å². The lowest BCUT2D eigenvalue weighted by Crippen LogP contribution is -2.50. The maximum Gasteiger partial charge on any atom is 0.309 e. The third-order valence-corrected chi connectivity index (χ3v) is 6.67. The van der Waals surface area contributed by atoms with Crippen LogP contribution in [0.3, 0.4) is 0 Å². The SMILES string of the molecule is CCc1ccc(COc2ccc3c(c2)CCC(CN2CC(C(=O)O)C2)=C3Cl)c(OC)c1. The molecule has 2 aliphatic rings. The Morgan fingerprint density at radius 2 is 2.00 bits per heavy atom. The molecule has 0 unspecified atom stereocenters. The van der Waals surface area contributed by atoms with Crippen LogP contribution in [0.4, 0.5) is 0 Å². The molecule has 0 spiro atoms. The second kappa shape index (κ2) is 9.33. The second-order valence-corrected chi connectivity index (χ2v) is 8.63. The first-order chi connectivity index (χ1) is 15.0. The summed E-state index contributed by atoms with van der Waals surface area (Å²) in [5.41, 5.74) is 5.68. The molecule has 0 bridgehead atoms. The molecule has 2 aromatic rings. The summed E-state index contributed by atoms with van der Waals surface area (Å²) < 4.78 is 11.6. The second-order valence-electron chi connectivity index (χ2n) is 8.25. The third-order valence-electron chi connectivity index (χ3n) is 6.19. The van der Waals surface area contributed by atoms with E-state index in [9.17, 15) is 4.79 Å². The Kier molecular flexibility index (Phi) is 6.54. The van der Waals surface area contributed by atoms with Crippen LogP contribution in [0.25, 0.3) is 5.03 Å². The van der Waals surface area contributed by atoms with Crippen LogP contribution in [0.2, 0.25) is 0 Å². The molecule has 0 radical (unpaired) electrons. The van der Waals surface area contributed by atoms with Crippen molar-refractivity contribution in [3.05, 3.63) is 64.2 Å². The van der Waals surface area contributed by atoms with Gasteiger partial charge in [-0.15, -0.1) is 0 Å². The number of benzene rings is 2. The predicted octanol–water partition coefficient (Wildman–Crippen LogP) is 4.75. The molecule has 1 aliphatic heterocycles. The lowest BCUT2D eigenvalue weighted by atomic mass is 9.90. The van der Waals surface area contributed by atoms with Crippen LogP contribution >= 0.6 is 11.6 Å². The molecule has 1 aliphatic carbocycles. The van der Waals surface area contributed by atoms with E-state index < -0.39 is 5.97 Å². The van der Waals surface area contributed by atoms with E-state index >= 15 is 0 Å². The van der Waals surface area contributed by atoms with Gasteiger partial charge in [0.2, 0.25) is 0 Å². The van der Waals surface area contributed by atoms with Gasteiger partial charge in [-0.05, 0) is 65.8 Å². The largest absolute Gasteiger partial charge is 0.496 e. The van der Waals surface area contributed by atoms with Crippen LogP contribution in [0.5, 0.6) is 11.5 Å². The smallest absolute Gasteiger partial charge is 0.309 e. The maximum absolute atomic E-state index is 11.0. The molecular weight excluding hydrogens is 414 g/mol. The summed E-state index contributed by atoms with van der Waals surface area (Å²) in [7, 11) is 1.69. The molecule has 6 heteroatoms. The van der Waals surface area contributed by atoms with Crippen molar-refractivity contribution in [2.24, 2.45) is 5.92 Å². The zero-order chi connectivity index (χ0) is 22.0. The Hall–Kier alpha value is -2.50. The number of rotatable bonds is 8. The number of carboxylic acid groups (broad SMARTS) is 1. The van der Waals surface area contributed by atoms with Gasteiger partial charge in [0, 0.05) is 30.2 Å². The number of carboxylic acids is 1. The van der Waals surface area contributed by atoms with Crippen molar-refractivity contribution in [1.82, 2.24) is 4.90 Å². The number of aryl methyl sites for hydroxylation is 2. The minimum Gasteiger partial charge on any atom is -0.496 e. The van der Waals surface area contributed by atoms with Crippen molar-refractivity contribution in [1.29, 1.82) is 0 Å². The quantitative estimate of drug-likeness (QED) is 0.640. The Morgan fingerprint density at radius 1 is 1.19 bits per heavy atom. The zero-order valence-electron chi connectivity index (χ0n) is 18.0. The van der Waals surface area contributed by atoms with Gasteiger partial charge < -0.3 is 14.6 Å². The number of aliphatic carboxylic acids is 1. The molecule has 1 fully saturated rings. The molecular formula is C25H28ClNO4. The number of hydrogen-bond acceptors (Lipinski definition) is 4. The van der Waals surface area contributed by atoms with Crippen molar-refractivity contribution < 1.29 is 19.4 Å². The molecule has 2 aromatic carbocycles. The van der Waals surface area contributed by atoms with Gasteiger partial charge in [-0.1, -0.05) is 30.7 Å². The average Bonchev–Trinajstić information content (AvgIpc) is 2.75. The van der Waals surface area contributed by atoms with Gasteiger partial charge in [-0.3, -0.25) is 9.69 Å². The summed E-state index contributed by atoms with van der Waals surface area (Å²) in [6.07, 6.45) is 2.76. The van der Waals surface area contributed by atoms with Gasteiger partial charge in [-0.25, -0.2) is 0 Å². The summed E-state index contributed by atoms with van der Waals surface area (Å²) in [4.78, 5) is 13.2. The number of carbonyl (C=O) groups is 1. The first-order valence-electron chi connectivity index (χ1n) is 10.7. The van der Waals surface area contributed by atoms with Crippen LogP contribution in [-0.2, 0) is 24.2 Å². The van der Waals surface area contributed by atoms with Gasteiger partial charge in [0.15, 0.2) is 0 Å². The number of fused-ring (bicyclic) bond motifs is 1. The lowest BCUT2D eigenvalue weighted by Gasteiger charge is -2.38. The monoisotopic (exact) mass is 441 g/mol. The van der Waals surface area contributed by atoms with E-state index in [1.165, 1.54) is 16.7 Å². The number of methoxy groups -OCH3 is 1. The van der Waals surface area contributed by atoms with Crippen LogP contribution in [-0.4, -0.2) is 42.7 Å². The highest BCUT2D eigenvalue weighted by Gasteiger charge is 2.33. The number of hydrogen-bond donors (Lipinski definition) is 1. The summed E-state index contributed by atoms with van der Waals surface area (Å²) in [6, 6.07) is 12.3. The van der Waals surface area contributed by atoms with Crippen molar-refractivity contribution >= 4 is 22.6 Å². The Balaban J connectivity index is 1.42. The van der Waals surface area contributed by atoms with Crippen molar-refractivity contribution in [3.63, 3.8) is 0 Å². The lowest BCUT2D eigenvalue weighted by molar-refractivity contribution is -0.147. The first kappa shape index (κ1) is 21.7. The Labute approximate surface area is 188 Å². The first-order valence-corrected chi connectivity index (χ1v) is 11.1. The van der Waals surface area contributed by atoms with E-state index in [1.54, 1.807) is 7.11 Å². The van der Waals surface area contributed by atoms with Crippen LogP contribution in [0, 0.1) is 5.92 Å². The zero-order valence-corrected chi connectivity index (χ0v) is 18.7. The van der Waals surface area contributed by atoms with Gasteiger partial charge in [0.1, 0.15) is 18.1 Å². The molecule has 0 saturated carbocycles. The van der Waals surface area contributed by atoms with E-state index in [-0.39, 0.29) is 5.92 Å². The van der Waals surface area contributed by atoms with E-state index in [2.05, 4.69) is 36.1 Å². The number of likely N-dealkylation sites (tertiary alicyclic amines) is 1. The van der Waals surface area contributed by atoms with E-state index in [0.717, 1.165) is 53.5 Å². The fraction of sp³-hybridized carbons (Fsp3) is 0.400. The summed E-state index contributed by atoms with van der Waals surface area (Å²) in [6.45, 7) is 4.52. The fourth-order valence-corrected chi connectivity index (χ4v) is 4.57. The fourth-order valence-electron chi connectivity index (χ4n) is 4.23. The molecule has 1 N–H and O–H groups in total. The molecule has 0 atom stereocenters. The van der Waals surface area contributed by atoms with E-state index in [1.807, 2.05) is 12.1 Å². The Bertz CT molecular complexity index is 1010. The van der Waals surface area contributed by atoms with Crippen LogP contribution < -0.4 is 9.47 Å². The average molecular weight is 442 g/mol. The molecule has 164 valence electrons. The summed E-state index contributed by atoms with van der Waals surface area (Å²) in [5, 5.41) is 9.85. The Morgan fingerprint density at radius 3 is 2.71 bits per heavy atom. The molecule has 1 saturated heterocycles. The normalized spacial score (nSPS) is 16.6. The number of ether oxygens (including phenoxy) is 2. The van der Waals surface area contributed by atoms with E-state index in [4.69, 9.17) is 26.2 Å². The topological polar surface area (TPSA) is 59.0 Å². The minimum atomic E-state index is -0.711. The third kappa shape index (κ3) is 4.73. The van der Waals surface area contributed by atoms with Gasteiger partial charge in [0.25, 0.3) is 0 Å². The van der Waals surface area contributed by atoms with E-state index in [0.29, 0.717) is 19.7 Å². The molecule has 1 heterocycles. The number of halogens is 1. The van der Waals surface area contributed by atoms with Crippen LogP contribution in [0.1, 0.15) is 35.6 Å². The summed E-state index contributed by atoms with van der Waals surface area (Å²) in [5.74, 6) is 0.716. The van der Waals surface area contributed by atoms with Crippen molar-refractivity contribution in [3.8, 4) is 11.5 Å². The number of nitrogens with zero attached hydrogens (tertiary/aromatic N) is 1. The molecule has 4 rings (SSSR count). The molecule has 5 nitrogen and oxygen atoms in total. The molecule has 0 aromatic heterocycles. The van der Waals surface area contributed by atoms with Crippen molar-refractivity contribution in [2.45, 2.75) is 32.8 Å². The van der Waals surface area contributed by atoms with Crippen LogP contribution in [0.15, 0.2) is 42.0 Å². The highest BCUT2D eigenvalue weighted by atomic mass is 35.5. The molecule has 0 amide bonds. The highest BCUT2D eigenvalue weighted by Crippen LogP contribution is 2.37. The van der Waals surface area contributed by atoms with Gasteiger partial charge >= 0.3 is 5.97 Å². The highest BCUT2D eigenvalue weighted by molar-refractivity contribution is 6.49. The minimum absolute atomic E-state index is 0.244. The standard InChI is InChI=1S/C25H28ClNO4/c1-3-16-4-5-19(23(10-16)30-2)15-31-21-8-9-22-17(11-21)6-7-18(24(22)26)12-27-13-20(14-27)25(28)29/h4-5,8-11,20H,3,6-7,12-15H2,1-2H3,(H,28,29). The summed E-state index contributed by atoms with van der Waals surface area (Å²) >= 11 is 6.71. The van der Waals surface area contributed by atoms with Gasteiger partial charge in [-0.2, -0.15) is 0 Å². The molecule has 31 heavy (non-hydrogen) atoms. The predicted molar refractivity (Wildman–Crippen MR) is 122 cm³/mol.